The van der Waals surface area contributed by atoms with Crippen molar-refractivity contribution < 1.29 is 14.7 Å². The maximum absolute atomic E-state index is 12.3. The lowest BCUT2D eigenvalue weighted by Crippen LogP contribution is -2.12. The Morgan fingerprint density at radius 3 is 2.46 bits per heavy atom. The number of ketones is 1. The van der Waals surface area contributed by atoms with Crippen LogP contribution >= 0.6 is 11.6 Å². The lowest BCUT2D eigenvalue weighted by Gasteiger charge is -2.13. The Morgan fingerprint density at radius 1 is 1.04 bits per heavy atom. The van der Waals surface area contributed by atoms with E-state index in [0.717, 1.165) is 42.3 Å². The first kappa shape index (κ1) is 16.9. The van der Waals surface area contributed by atoms with Gasteiger partial charge in [-0.3, -0.25) is 4.79 Å². The highest BCUT2D eigenvalue weighted by atomic mass is 35.5. The van der Waals surface area contributed by atoms with E-state index >= 15 is 0 Å². The smallest absolute Gasteiger partial charge is 0.377 e. The Balaban J connectivity index is 1.91. The lowest BCUT2D eigenvalue weighted by atomic mass is 10.0. The first-order valence-electron chi connectivity index (χ1n) is 8.73. The van der Waals surface area contributed by atoms with Crippen LogP contribution in [0.4, 0.5) is 0 Å². The molecule has 1 fully saturated rings. The number of rotatable bonds is 4. The number of carboxylic acids is 1. The largest absolute Gasteiger partial charge is 0.475 e. The van der Waals surface area contributed by atoms with Gasteiger partial charge in [-0.05, 0) is 48.2 Å². The van der Waals surface area contributed by atoms with Gasteiger partial charge in [-0.25, -0.2) is 4.79 Å². The van der Waals surface area contributed by atoms with E-state index in [1.54, 1.807) is 12.3 Å². The van der Waals surface area contributed by atoms with E-state index in [1.165, 1.54) is 0 Å². The van der Waals surface area contributed by atoms with Gasteiger partial charge in [0.15, 0.2) is 0 Å². The van der Waals surface area contributed by atoms with E-state index in [2.05, 4.69) is 4.57 Å². The molecule has 1 aliphatic carbocycles. The van der Waals surface area contributed by atoms with E-state index in [0.29, 0.717) is 16.5 Å². The van der Waals surface area contributed by atoms with Crippen LogP contribution in [0.5, 0.6) is 0 Å². The van der Waals surface area contributed by atoms with Crippen LogP contribution in [0.2, 0.25) is 5.02 Å². The molecule has 3 aromatic rings. The molecule has 4 rings (SSSR count). The molecule has 0 amide bonds. The molecule has 26 heavy (non-hydrogen) atoms. The van der Waals surface area contributed by atoms with Gasteiger partial charge in [-0.15, -0.1) is 0 Å². The molecule has 1 saturated carbocycles. The highest BCUT2D eigenvalue weighted by Gasteiger charge is 2.25. The van der Waals surface area contributed by atoms with Crippen LogP contribution in [0.3, 0.4) is 0 Å². The molecule has 1 heterocycles. The van der Waals surface area contributed by atoms with Crippen LogP contribution in [0.15, 0.2) is 48.7 Å². The summed E-state index contributed by atoms with van der Waals surface area (Å²) < 4.78 is 2.08. The molecule has 0 unspecified atom stereocenters. The van der Waals surface area contributed by atoms with Gasteiger partial charge in [0.25, 0.3) is 5.78 Å². The molecule has 132 valence electrons. The zero-order valence-electron chi connectivity index (χ0n) is 14.1. The normalized spacial score (nSPS) is 14.8. The van der Waals surface area contributed by atoms with Crippen molar-refractivity contribution in [2.45, 2.75) is 31.7 Å². The maximum atomic E-state index is 12.3. The van der Waals surface area contributed by atoms with Crippen LogP contribution < -0.4 is 0 Å². The Hall–Kier alpha value is -2.59. The van der Waals surface area contributed by atoms with E-state index in [1.807, 2.05) is 36.4 Å². The fraction of sp³-hybridized carbons (Fsp3) is 0.238. The molecule has 5 heteroatoms. The van der Waals surface area contributed by atoms with Crippen molar-refractivity contribution >= 4 is 34.3 Å². The molecule has 1 N–H and O–H groups in total. The summed E-state index contributed by atoms with van der Waals surface area (Å²) in [6, 6.07) is 13.7. The third-order valence-electron chi connectivity index (χ3n) is 5.15. The van der Waals surface area contributed by atoms with E-state index in [9.17, 15) is 14.7 Å². The van der Waals surface area contributed by atoms with Gasteiger partial charge in [0, 0.05) is 28.2 Å². The van der Waals surface area contributed by atoms with Crippen LogP contribution in [0.1, 0.15) is 42.1 Å². The molecule has 0 radical (unpaired) electrons. The summed E-state index contributed by atoms with van der Waals surface area (Å²) in [5.74, 6) is -2.29. The zero-order valence-corrected chi connectivity index (χ0v) is 14.9. The van der Waals surface area contributed by atoms with Crippen molar-refractivity contribution in [3.8, 4) is 11.1 Å². The van der Waals surface area contributed by atoms with Crippen molar-refractivity contribution in [2.75, 3.05) is 0 Å². The Morgan fingerprint density at radius 2 is 1.77 bits per heavy atom. The molecule has 0 bridgehead atoms. The number of aromatic nitrogens is 1. The fourth-order valence-electron chi connectivity index (χ4n) is 3.88. The number of halogens is 1. The van der Waals surface area contributed by atoms with Gasteiger partial charge in [-0.1, -0.05) is 42.6 Å². The second-order valence-corrected chi connectivity index (χ2v) is 7.20. The van der Waals surface area contributed by atoms with Gasteiger partial charge < -0.3 is 9.67 Å². The van der Waals surface area contributed by atoms with E-state index in [4.69, 9.17) is 11.6 Å². The molecule has 1 aliphatic rings. The number of benzene rings is 2. The minimum Gasteiger partial charge on any atom is -0.475 e. The van der Waals surface area contributed by atoms with Gasteiger partial charge >= 0.3 is 5.97 Å². The number of carbonyl (C=O) groups excluding carboxylic acids is 1. The summed E-state index contributed by atoms with van der Waals surface area (Å²) in [7, 11) is 0. The number of hydrogen-bond acceptors (Lipinski definition) is 2. The van der Waals surface area contributed by atoms with Crippen molar-refractivity contribution in [3.05, 3.63) is 59.2 Å². The Labute approximate surface area is 156 Å². The Kier molecular flexibility index (Phi) is 4.29. The van der Waals surface area contributed by atoms with Crippen LogP contribution in [0, 0.1) is 0 Å². The molecule has 0 atom stereocenters. The maximum Gasteiger partial charge on any atom is 0.377 e. The van der Waals surface area contributed by atoms with Crippen LogP contribution in [-0.4, -0.2) is 21.4 Å². The molecular formula is C21H18ClNO3. The van der Waals surface area contributed by atoms with Gasteiger partial charge in [0.1, 0.15) is 0 Å². The monoisotopic (exact) mass is 367 g/mol. The molecule has 1 aromatic heterocycles. The lowest BCUT2D eigenvalue weighted by molar-refractivity contribution is -0.131. The predicted octanol–water partition coefficient (Wildman–Crippen LogP) is 5.34. The highest BCUT2D eigenvalue weighted by molar-refractivity contribution is 6.42. The van der Waals surface area contributed by atoms with Crippen molar-refractivity contribution in [1.29, 1.82) is 0 Å². The predicted molar refractivity (Wildman–Crippen MR) is 102 cm³/mol. The summed E-state index contributed by atoms with van der Waals surface area (Å²) in [6.07, 6.45) is 6.15. The first-order valence-corrected chi connectivity index (χ1v) is 9.10. The number of aliphatic carboxylic acids is 1. The quantitative estimate of drug-likeness (QED) is 0.500. The van der Waals surface area contributed by atoms with Gasteiger partial charge in [-0.2, -0.15) is 0 Å². The Bertz CT molecular complexity index is 1020. The average molecular weight is 368 g/mol. The SMILES string of the molecule is O=C(O)C(=O)c1cn(C2CCCC2)c2ccc(-c3cccc(Cl)c3)cc12. The molecule has 0 aliphatic heterocycles. The standard InChI is InChI=1S/C21H18ClNO3/c22-15-5-3-4-13(10-15)14-8-9-19-17(11-14)18(20(24)21(25)26)12-23(19)16-6-1-2-7-16/h3-5,8-12,16H,1-2,6-7H2,(H,25,26). The molecule has 2 aromatic carbocycles. The second kappa shape index (κ2) is 6.61. The summed E-state index contributed by atoms with van der Waals surface area (Å²) in [6.45, 7) is 0. The number of fused-ring (bicyclic) bond motifs is 1. The van der Waals surface area contributed by atoms with E-state index < -0.39 is 11.8 Å². The summed E-state index contributed by atoms with van der Waals surface area (Å²) in [5.41, 5.74) is 3.00. The highest BCUT2D eigenvalue weighted by Crippen LogP contribution is 2.36. The third kappa shape index (κ3) is 2.90. The molecule has 0 saturated heterocycles. The average Bonchev–Trinajstić information content (AvgIpc) is 3.28. The number of Topliss-reactive ketones (excluding diaryl/α,β-unsaturated/α-hetero) is 1. The second-order valence-electron chi connectivity index (χ2n) is 6.76. The number of hydrogen-bond donors (Lipinski definition) is 1. The minimum absolute atomic E-state index is 0.253. The zero-order chi connectivity index (χ0) is 18.3. The summed E-state index contributed by atoms with van der Waals surface area (Å²) in [4.78, 5) is 23.6. The van der Waals surface area contributed by atoms with Crippen molar-refractivity contribution in [1.82, 2.24) is 4.57 Å². The molecule has 0 spiro atoms. The third-order valence-corrected chi connectivity index (χ3v) is 5.38. The van der Waals surface area contributed by atoms with Gasteiger partial charge in [0.05, 0.1) is 5.56 Å². The van der Waals surface area contributed by atoms with Gasteiger partial charge in [0.2, 0.25) is 0 Å². The molecular weight excluding hydrogens is 350 g/mol. The molecule has 4 nitrogen and oxygen atoms in total. The number of carbonyl (C=O) groups is 2. The van der Waals surface area contributed by atoms with Crippen molar-refractivity contribution in [2.24, 2.45) is 0 Å². The van der Waals surface area contributed by atoms with Crippen molar-refractivity contribution in [3.63, 3.8) is 0 Å². The minimum atomic E-state index is -1.43. The number of carboxylic acid groups (broad SMARTS) is 1. The van der Waals surface area contributed by atoms with Crippen LogP contribution in [-0.2, 0) is 4.79 Å². The fourth-order valence-corrected chi connectivity index (χ4v) is 4.07. The summed E-state index contributed by atoms with van der Waals surface area (Å²) in [5, 5.41) is 10.5. The van der Waals surface area contributed by atoms with E-state index in [-0.39, 0.29) is 5.56 Å². The number of nitrogens with zero attached hydrogens (tertiary/aromatic N) is 1. The topological polar surface area (TPSA) is 59.3 Å². The van der Waals surface area contributed by atoms with Crippen LogP contribution in [0.25, 0.3) is 22.0 Å². The first-order chi connectivity index (χ1) is 12.5. The summed E-state index contributed by atoms with van der Waals surface area (Å²) >= 11 is 6.09.